The molecule has 0 unspecified atom stereocenters. The summed E-state index contributed by atoms with van der Waals surface area (Å²) in [5.41, 5.74) is 5.35. The number of hydrogen-bond acceptors (Lipinski definition) is 1. The number of unbranched alkanes of at least 4 members (excludes halogenated alkanes) is 2. The first-order valence-electron chi connectivity index (χ1n) is 4.14. The number of allylic oxidation sites excluding steroid dienone is 2. The van der Waals surface area contributed by atoms with Gasteiger partial charge in [0, 0.05) is 0 Å². The van der Waals surface area contributed by atoms with E-state index in [2.05, 4.69) is 26.0 Å². The maximum absolute atomic E-state index is 5.35. The third kappa shape index (κ3) is 7.70. The molecule has 0 aromatic carbocycles. The van der Waals surface area contributed by atoms with Crippen molar-refractivity contribution in [2.75, 3.05) is 6.54 Å². The number of rotatable bonds is 5. The molecule has 0 aromatic heterocycles. The molecule has 0 atom stereocenters. The average Bonchev–Trinajstić information content (AvgIpc) is 1.87. The smallest absolute Gasteiger partial charge is 0.00772 e. The highest BCUT2D eigenvalue weighted by atomic mass is 14.5. The lowest BCUT2D eigenvalue weighted by atomic mass is 10.1. The molecule has 0 bridgehead atoms. The van der Waals surface area contributed by atoms with E-state index in [0.29, 0.717) is 5.92 Å². The minimum Gasteiger partial charge on any atom is -0.330 e. The predicted molar refractivity (Wildman–Crippen MR) is 46.9 cm³/mol. The maximum Gasteiger partial charge on any atom is -0.00772 e. The lowest BCUT2D eigenvalue weighted by molar-refractivity contribution is 0.749. The Labute approximate surface area is 64.3 Å². The standard InChI is InChI=1S/C9H19N/c1-9(2)7-5-3-4-6-8-10/h5,7,9H,3-4,6,8,10H2,1-2H3/b7-5+. The van der Waals surface area contributed by atoms with E-state index in [1.807, 2.05) is 0 Å². The third-order valence-corrected chi connectivity index (χ3v) is 1.35. The summed E-state index contributed by atoms with van der Waals surface area (Å²) in [6.07, 6.45) is 8.08. The van der Waals surface area contributed by atoms with Crippen LogP contribution in [-0.2, 0) is 0 Å². The SMILES string of the molecule is CC(C)/C=C/CCCCN. The summed E-state index contributed by atoms with van der Waals surface area (Å²) < 4.78 is 0. The lowest BCUT2D eigenvalue weighted by Gasteiger charge is -1.94. The van der Waals surface area contributed by atoms with Gasteiger partial charge >= 0.3 is 0 Å². The van der Waals surface area contributed by atoms with Gasteiger partial charge in [-0.3, -0.25) is 0 Å². The van der Waals surface area contributed by atoms with Gasteiger partial charge in [-0.15, -0.1) is 0 Å². The summed E-state index contributed by atoms with van der Waals surface area (Å²) in [5.74, 6) is 0.692. The molecule has 0 spiro atoms. The minimum absolute atomic E-state index is 0.692. The fourth-order valence-corrected chi connectivity index (χ4v) is 0.775. The van der Waals surface area contributed by atoms with Crippen LogP contribution < -0.4 is 5.73 Å². The summed E-state index contributed by atoms with van der Waals surface area (Å²) in [7, 11) is 0. The molecule has 0 heterocycles. The zero-order valence-corrected chi connectivity index (χ0v) is 7.14. The van der Waals surface area contributed by atoms with Crippen molar-refractivity contribution < 1.29 is 0 Å². The molecular weight excluding hydrogens is 122 g/mol. The van der Waals surface area contributed by atoms with E-state index in [0.717, 1.165) is 13.0 Å². The molecule has 60 valence electrons. The highest BCUT2D eigenvalue weighted by Gasteiger charge is 1.83. The summed E-state index contributed by atoms with van der Waals surface area (Å²) in [6.45, 7) is 5.22. The topological polar surface area (TPSA) is 26.0 Å². The second-order valence-corrected chi connectivity index (χ2v) is 2.96. The van der Waals surface area contributed by atoms with Gasteiger partial charge in [-0.1, -0.05) is 26.0 Å². The highest BCUT2D eigenvalue weighted by Crippen LogP contribution is 1.99. The van der Waals surface area contributed by atoms with Crippen LogP contribution in [0.25, 0.3) is 0 Å². The molecule has 0 aliphatic carbocycles. The molecule has 0 radical (unpaired) electrons. The van der Waals surface area contributed by atoms with E-state index in [1.165, 1.54) is 12.8 Å². The van der Waals surface area contributed by atoms with Crippen molar-refractivity contribution in [3.63, 3.8) is 0 Å². The van der Waals surface area contributed by atoms with Crippen molar-refractivity contribution in [3.8, 4) is 0 Å². The fourth-order valence-electron chi connectivity index (χ4n) is 0.775. The third-order valence-electron chi connectivity index (χ3n) is 1.35. The van der Waals surface area contributed by atoms with Gasteiger partial charge in [0.05, 0.1) is 0 Å². The summed E-state index contributed by atoms with van der Waals surface area (Å²) in [5, 5.41) is 0. The first kappa shape index (κ1) is 9.70. The van der Waals surface area contributed by atoms with Crippen LogP contribution in [0.1, 0.15) is 33.1 Å². The van der Waals surface area contributed by atoms with Gasteiger partial charge in [-0.25, -0.2) is 0 Å². The molecule has 0 aromatic rings. The summed E-state index contributed by atoms with van der Waals surface area (Å²) in [4.78, 5) is 0. The van der Waals surface area contributed by atoms with Gasteiger partial charge in [0.1, 0.15) is 0 Å². The van der Waals surface area contributed by atoms with E-state index in [-0.39, 0.29) is 0 Å². The van der Waals surface area contributed by atoms with Crippen LogP contribution in [0.3, 0.4) is 0 Å². The normalized spacial score (nSPS) is 11.6. The molecule has 10 heavy (non-hydrogen) atoms. The van der Waals surface area contributed by atoms with E-state index in [4.69, 9.17) is 5.73 Å². The Balaban J connectivity index is 3.02. The van der Waals surface area contributed by atoms with Crippen molar-refractivity contribution in [1.82, 2.24) is 0 Å². The molecule has 0 fully saturated rings. The summed E-state index contributed by atoms with van der Waals surface area (Å²) in [6, 6.07) is 0. The Hall–Kier alpha value is -0.300. The monoisotopic (exact) mass is 141 g/mol. The van der Waals surface area contributed by atoms with Crippen molar-refractivity contribution in [2.24, 2.45) is 11.7 Å². The van der Waals surface area contributed by atoms with E-state index in [1.54, 1.807) is 0 Å². The zero-order chi connectivity index (χ0) is 7.82. The number of hydrogen-bond donors (Lipinski definition) is 1. The molecule has 0 amide bonds. The molecule has 1 nitrogen and oxygen atoms in total. The van der Waals surface area contributed by atoms with Gasteiger partial charge in [-0.05, 0) is 31.7 Å². The second kappa shape index (κ2) is 6.81. The van der Waals surface area contributed by atoms with Gasteiger partial charge in [-0.2, -0.15) is 0 Å². The Morgan fingerprint density at radius 1 is 1.30 bits per heavy atom. The Kier molecular flexibility index (Phi) is 6.61. The Morgan fingerprint density at radius 2 is 2.00 bits per heavy atom. The van der Waals surface area contributed by atoms with Crippen LogP contribution in [0.5, 0.6) is 0 Å². The molecule has 0 rings (SSSR count). The molecule has 1 heteroatoms. The molecule has 0 aliphatic heterocycles. The maximum atomic E-state index is 5.35. The number of nitrogens with two attached hydrogens (primary N) is 1. The second-order valence-electron chi connectivity index (χ2n) is 2.96. The largest absolute Gasteiger partial charge is 0.330 e. The lowest BCUT2D eigenvalue weighted by Crippen LogP contribution is -1.96. The van der Waals surface area contributed by atoms with Crippen LogP contribution in [0.2, 0.25) is 0 Å². The molecule has 0 aliphatic rings. The fraction of sp³-hybridized carbons (Fsp3) is 0.778. The summed E-state index contributed by atoms with van der Waals surface area (Å²) >= 11 is 0. The first-order valence-corrected chi connectivity index (χ1v) is 4.14. The minimum atomic E-state index is 0.692. The van der Waals surface area contributed by atoms with Crippen molar-refractivity contribution in [2.45, 2.75) is 33.1 Å². The van der Waals surface area contributed by atoms with Crippen LogP contribution >= 0.6 is 0 Å². The highest BCUT2D eigenvalue weighted by molar-refractivity contribution is 4.83. The van der Waals surface area contributed by atoms with Crippen LogP contribution in [0, 0.1) is 5.92 Å². The van der Waals surface area contributed by atoms with E-state index >= 15 is 0 Å². The zero-order valence-electron chi connectivity index (χ0n) is 7.14. The van der Waals surface area contributed by atoms with Crippen LogP contribution in [0.4, 0.5) is 0 Å². The van der Waals surface area contributed by atoms with Crippen molar-refractivity contribution >= 4 is 0 Å². The van der Waals surface area contributed by atoms with E-state index < -0.39 is 0 Å². The predicted octanol–water partition coefficient (Wildman–Crippen LogP) is 2.33. The van der Waals surface area contributed by atoms with Gasteiger partial charge in [0.15, 0.2) is 0 Å². The van der Waals surface area contributed by atoms with Gasteiger partial charge < -0.3 is 5.73 Å². The van der Waals surface area contributed by atoms with Crippen LogP contribution in [0.15, 0.2) is 12.2 Å². The quantitative estimate of drug-likeness (QED) is 0.461. The van der Waals surface area contributed by atoms with E-state index in [9.17, 15) is 0 Å². The average molecular weight is 141 g/mol. The van der Waals surface area contributed by atoms with Crippen LogP contribution in [-0.4, -0.2) is 6.54 Å². The Bertz CT molecular complexity index is 84.7. The molecular formula is C9H19N. The Morgan fingerprint density at radius 3 is 2.50 bits per heavy atom. The van der Waals surface area contributed by atoms with Crippen molar-refractivity contribution in [3.05, 3.63) is 12.2 Å². The molecule has 0 saturated heterocycles. The molecule has 2 N–H and O–H groups in total. The van der Waals surface area contributed by atoms with Gasteiger partial charge in [0.25, 0.3) is 0 Å². The first-order chi connectivity index (χ1) is 4.77. The van der Waals surface area contributed by atoms with Crippen molar-refractivity contribution in [1.29, 1.82) is 0 Å². The molecule has 0 saturated carbocycles. The van der Waals surface area contributed by atoms with Gasteiger partial charge in [0.2, 0.25) is 0 Å².